The summed E-state index contributed by atoms with van der Waals surface area (Å²) in [4.78, 5) is -0.0837. The predicted octanol–water partition coefficient (Wildman–Crippen LogP) is 3.16. The van der Waals surface area contributed by atoms with Gasteiger partial charge < -0.3 is 10.2 Å². The highest BCUT2D eigenvalue weighted by molar-refractivity contribution is 7.91. The largest absolute Gasteiger partial charge is 0.508 e. The number of aromatic hydroxyl groups is 2. The molecule has 0 saturated heterocycles. The number of hydrogen-bond acceptors (Lipinski definition) is 4. The van der Waals surface area contributed by atoms with Crippen LogP contribution in [0.4, 0.5) is 0 Å². The summed E-state index contributed by atoms with van der Waals surface area (Å²) in [6.45, 7) is 6.86. The van der Waals surface area contributed by atoms with Crippen molar-refractivity contribution in [3.05, 3.63) is 46.5 Å². The van der Waals surface area contributed by atoms with Crippen LogP contribution in [0.25, 0.3) is 0 Å². The Bertz CT molecular complexity index is 821. The quantitative estimate of drug-likeness (QED) is 0.893. The van der Waals surface area contributed by atoms with E-state index in [0.29, 0.717) is 16.7 Å². The molecule has 2 aromatic rings. The van der Waals surface area contributed by atoms with Gasteiger partial charge in [0.15, 0.2) is 0 Å². The van der Waals surface area contributed by atoms with Crippen LogP contribution in [0.3, 0.4) is 0 Å². The fourth-order valence-corrected chi connectivity index (χ4v) is 4.28. The first kappa shape index (κ1) is 15.4. The number of phenolic OH excluding ortho intramolecular Hbond substituents is 2. The van der Waals surface area contributed by atoms with Crippen molar-refractivity contribution in [3.8, 4) is 11.5 Å². The van der Waals surface area contributed by atoms with Gasteiger partial charge in [-0.1, -0.05) is 6.07 Å². The van der Waals surface area contributed by atoms with Gasteiger partial charge in [-0.3, -0.25) is 0 Å². The van der Waals surface area contributed by atoms with Crippen LogP contribution in [-0.4, -0.2) is 18.6 Å². The average molecular weight is 306 g/mol. The number of benzene rings is 2. The zero-order valence-corrected chi connectivity index (χ0v) is 13.2. The molecular weight excluding hydrogens is 288 g/mol. The summed E-state index contributed by atoms with van der Waals surface area (Å²) >= 11 is 0. The van der Waals surface area contributed by atoms with E-state index in [-0.39, 0.29) is 21.3 Å². The van der Waals surface area contributed by atoms with Gasteiger partial charge in [0.1, 0.15) is 16.4 Å². The highest BCUT2D eigenvalue weighted by Crippen LogP contribution is 2.36. The molecule has 2 rings (SSSR count). The molecule has 0 aromatic heterocycles. The van der Waals surface area contributed by atoms with E-state index in [4.69, 9.17) is 0 Å². The summed E-state index contributed by atoms with van der Waals surface area (Å²) in [6, 6.07) is 5.78. The molecule has 4 nitrogen and oxygen atoms in total. The van der Waals surface area contributed by atoms with Crippen LogP contribution < -0.4 is 0 Å². The van der Waals surface area contributed by atoms with Gasteiger partial charge in [-0.2, -0.15) is 0 Å². The number of phenols is 2. The third kappa shape index (κ3) is 2.49. The molecule has 0 radical (unpaired) electrons. The Kier molecular flexibility index (Phi) is 3.72. The van der Waals surface area contributed by atoms with Crippen molar-refractivity contribution in [1.82, 2.24) is 0 Å². The van der Waals surface area contributed by atoms with Gasteiger partial charge in [-0.25, -0.2) is 8.42 Å². The van der Waals surface area contributed by atoms with E-state index in [1.807, 2.05) is 0 Å². The number of hydrogen-bond donors (Lipinski definition) is 2. The summed E-state index contributed by atoms with van der Waals surface area (Å²) in [6.07, 6.45) is 0. The highest BCUT2D eigenvalue weighted by atomic mass is 32.2. The maximum absolute atomic E-state index is 12.9. The molecule has 112 valence electrons. The maximum Gasteiger partial charge on any atom is 0.210 e. The van der Waals surface area contributed by atoms with Crippen LogP contribution in [0.2, 0.25) is 0 Å². The highest BCUT2D eigenvalue weighted by Gasteiger charge is 2.27. The summed E-state index contributed by atoms with van der Waals surface area (Å²) in [5.41, 5.74) is 2.53. The Balaban J connectivity index is 2.84. The molecule has 0 aliphatic carbocycles. The number of rotatable bonds is 2. The van der Waals surface area contributed by atoms with Crippen LogP contribution in [0.1, 0.15) is 22.3 Å². The third-order valence-electron chi connectivity index (χ3n) is 3.82. The zero-order valence-electron chi connectivity index (χ0n) is 12.4. The van der Waals surface area contributed by atoms with E-state index >= 15 is 0 Å². The molecule has 21 heavy (non-hydrogen) atoms. The van der Waals surface area contributed by atoms with Crippen molar-refractivity contribution in [2.45, 2.75) is 37.5 Å². The second kappa shape index (κ2) is 5.07. The van der Waals surface area contributed by atoms with E-state index in [1.54, 1.807) is 33.8 Å². The smallest absolute Gasteiger partial charge is 0.210 e. The Hall–Kier alpha value is -2.01. The minimum Gasteiger partial charge on any atom is -0.508 e. The molecule has 0 spiro atoms. The Morgan fingerprint density at radius 2 is 1.48 bits per heavy atom. The van der Waals surface area contributed by atoms with Crippen molar-refractivity contribution < 1.29 is 18.6 Å². The molecule has 5 heteroatoms. The molecule has 2 N–H and O–H groups in total. The average Bonchev–Trinajstić information content (AvgIpc) is 2.38. The van der Waals surface area contributed by atoms with E-state index in [0.717, 1.165) is 5.56 Å². The fraction of sp³-hybridized carbons (Fsp3) is 0.250. The van der Waals surface area contributed by atoms with Gasteiger partial charge >= 0.3 is 0 Å². The molecule has 0 amide bonds. The molecule has 0 saturated carbocycles. The molecule has 2 aromatic carbocycles. The standard InChI is InChI=1S/C16H18O4S/c1-9-5-6-14(18)16(12(9)4)21(19,20)15-8-13(17)7-10(2)11(15)3/h5-8,17-18H,1-4H3. The third-order valence-corrected chi connectivity index (χ3v) is 5.87. The first-order valence-electron chi connectivity index (χ1n) is 6.50. The lowest BCUT2D eigenvalue weighted by molar-refractivity contribution is 0.456. The van der Waals surface area contributed by atoms with Crippen LogP contribution in [0, 0.1) is 27.7 Å². The van der Waals surface area contributed by atoms with Crippen molar-refractivity contribution >= 4 is 9.84 Å². The second-order valence-electron chi connectivity index (χ2n) is 5.24. The monoisotopic (exact) mass is 306 g/mol. The van der Waals surface area contributed by atoms with Crippen molar-refractivity contribution in [2.75, 3.05) is 0 Å². The van der Waals surface area contributed by atoms with Gasteiger partial charge in [0.05, 0.1) is 4.90 Å². The number of sulfone groups is 1. The van der Waals surface area contributed by atoms with Crippen molar-refractivity contribution in [1.29, 1.82) is 0 Å². The Labute approximate surface area is 124 Å². The maximum atomic E-state index is 12.9. The van der Waals surface area contributed by atoms with Crippen molar-refractivity contribution in [2.24, 2.45) is 0 Å². The van der Waals surface area contributed by atoms with E-state index < -0.39 is 9.84 Å². The summed E-state index contributed by atoms with van der Waals surface area (Å²) in [7, 11) is -3.91. The van der Waals surface area contributed by atoms with Crippen LogP contribution in [0.5, 0.6) is 11.5 Å². The Morgan fingerprint density at radius 1 is 0.857 bits per heavy atom. The van der Waals surface area contributed by atoms with E-state index in [2.05, 4.69) is 0 Å². The minimum absolute atomic E-state index is 0.0176. The SMILES string of the molecule is Cc1cc(O)cc(S(=O)(=O)c2c(O)ccc(C)c2C)c1C. The molecule has 0 aliphatic rings. The predicted molar refractivity (Wildman–Crippen MR) is 80.6 cm³/mol. The first-order chi connectivity index (χ1) is 9.66. The molecule has 0 heterocycles. The Morgan fingerprint density at radius 3 is 2.10 bits per heavy atom. The summed E-state index contributed by atoms with van der Waals surface area (Å²) < 4.78 is 25.8. The van der Waals surface area contributed by atoms with Crippen LogP contribution in [0.15, 0.2) is 34.1 Å². The molecular formula is C16H18O4S. The molecule has 0 bridgehead atoms. The number of aryl methyl sites for hydroxylation is 2. The first-order valence-corrected chi connectivity index (χ1v) is 7.99. The van der Waals surface area contributed by atoms with Gasteiger partial charge in [-0.05, 0) is 68.1 Å². The molecule has 0 fully saturated rings. The van der Waals surface area contributed by atoms with Gasteiger partial charge in [0.2, 0.25) is 9.84 Å². The molecule has 0 unspecified atom stereocenters. The summed E-state index contributed by atoms with van der Waals surface area (Å²) in [5.74, 6) is -0.389. The second-order valence-corrected chi connectivity index (χ2v) is 7.10. The summed E-state index contributed by atoms with van der Waals surface area (Å²) in [5, 5.41) is 19.7. The minimum atomic E-state index is -3.91. The lowest BCUT2D eigenvalue weighted by Gasteiger charge is -2.15. The normalized spacial score (nSPS) is 11.6. The van der Waals surface area contributed by atoms with Crippen molar-refractivity contribution in [3.63, 3.8) is 0 Å². The lowest BCUT2D eigenvalue weighted by Crippen LogP contribution is -2.08. The topological polar surface area (TPSA) is 74.6 Å². The van der Waals surface area contributed by atoms with E-state index in [9.17, 15) is 18.6 Å². The van der Waals surface area contributed by atoms with E-state index in [1.165, 1.54) is 18.2 Å². The fourth-order valence-electron chi connectivity index (χ4n) is 2.31. The van der Waals surface area contributed by atoms with Gasteiger partial charge in [0.25, 0.3) is 0 Å². The molecule has 0 atom stereocenters. The van der Waals surface area contributed by atoms with Gasteiger partial charge in [-0.15, -0.1) is 0 Å². The molecule has 0 aliphatic heterocycles. The van der Waals surface area contributed by atoms with Crippen LogP contribution in [-0.2, 0) is 9.84 Å². The lowest BCUT2D eigenvalue weighted by atomic mass is 10.1. The van der Waals surface area contributed by atoms with Gasteiger partial charge in [0, 0.05) is 0 Å². The van der Waals surface area contributed by atoms with Crippen LogP contribution >= 0.6 is 0 Å². The zero-order chi connectivity index (χ0) is 15.9.